The average Bonchev–Trinajstić information content (AvgIpc) is 3.77. The molecule has 200 valence electrons. The highest BCUT2D eigenvalue weighted by Gasteiger charge is 2.53. The number of fused-ring (bicyclic) bond motifs is 2. The minimum Gasteiger partial charge on any atom is -0.376 e. The first-order valence-electron chi connectivity index (χ1n) is 12.5. The maximum Gasteiger partial charge on any atom is 0.251 e. The van der Waals surface area contributed by atoms with Gasteiger partial charge in [-0.05, 0) is 60.9 Å². The lowest BCUT2D eigenvalue weighted by Crippen LogP contribution is -2.23. The van der Waals surface area contributed by atoms with Crippen LogP contribution in [0.1, 0.15) is 40.2 Å². The van der Waals surface area contributed by atoms with Crippen LogP contribution in [0.25, 0.3) is 22.3 Å². The van der Waals surface area contributed by atoms with Crippen LogP contribution in [0.3, 0.4) is 0 Å². The molecule has 11 heteroatoms. The third kappa shape index (κ3) is 4.87. The summed E-state index contributed by atoms with van der Waals surface area (Å²) in [6.45, 7) is 0.386. The van der Waals surface area contributed by atoms with E-state index in [1.807, 2.05) is 6.07 Å². The summed E-state index contributed by atoms with van der Waals surface area (Å²) in [5.41, 5.74) is 2.21. The van der Waals surface area contributed by atoms with Gasteiger partial charge in [-0.3, -0.25) is 14.8 Å². The monoisotopic (exact) mass is 550 g/mol. The molecule has 1 amide bonds. The number of aromatic nitrogens is 3. The molecule has 1 aliphatic heterocycles. The molecule has 0 radical (unpaired) electrons. The topological polar surface area (TPSA) is 111 Å². The van der Waals surface area contributed by atoms with E-state index in [9.17, 15) is 22.0 Å². The van der Waals surface area contributed by atoms with Crippen molar-refractivity contribution in [2.24, 2.45) is 0 Å². The number of nitrogens with zero attached hydrogens (tertiary/aromatic N) is 3. The highest BCUT2D eigenvalue weighted by molar-refractivity contribution is 7.91. The number of hydrogen-bond donors (Lipinski definition) is 1. The van der Waals surface area contributed by atoms with Crippen LogP contribution in [-0.4, -0.2) is 48.1 Å². The Kier molecular flexibility index (Phi) is 6.35. The van der Waals surface area contributed by atoms with Crippen LogP contribution in [0.15, 0.2) is 65.7 Å². The third-order valence-corrected chi connectivity index (χ3v) is 8.96. The van der Waals surface area contributed by atoms with Gasteiger partial charge >= 0.3 is 0 Å². The van der Waals surface area contributed by atoms with Gasteiger partial charge in [-0.2, -0.15) is 0 Å². The average molecular weight is 551 g/mol. The Labute approximate surface area is 223 Å². The summed E-state index contributed by atoms with van der Waals surface area (Å²) in [6.07, 6.45) is 0.0197. The van der Waals surface area contributed by atoms with Gasteiger partial charge in [0.05, 0.1) is 64.1 Å². The number of pyridine rings is 3. The van der Waals surface area contributed by atoms with Crippen LogP contribution >= 0.6 is 0 Å². The first-order chi connectivity index (χ1) is 18.7. The van der Waals surface area contributed by atoms with Gasteiger partial charge in [-0.15, -0.1) is 0 Å². The molecule has 1 saturated carbocycles. The van der Waals surface area contributed by atoms with Crippen LogP contribution in [0.4, 0.5) is 8.78 Å². The lowest BCUT2D eigenvalue weighted by molar-refractivity contribution is 0.0949. The molecule has 39 heavy (non-hydrogen) atoms. The van der Waals surface area contributed by atoms with Crippen molar-refractivity contribution in [1.29, 1.82) is 0 Å². The summed E-state index contributed by atoms with van der Waals surface area (Å²) >= 11 is 0. The second kappa shape index (κ2) is 9.73. The maximum atomic E-state index is 13.6. The molecule has 3 aromatic heterocycles. The molecule has 8 nitrogen and oxygen atoms in total. The van der Waals surface area contributed by atoms with Gasteiger partial charge in [0, 0.05) is 17.1 Å². The summed E-state index contributed by atoms with van der Waals surface area (Å²) in [6, 6.07) is 15.0. The van der Waals surface area contributed by atoms with Crippen LogP contribution in [0, 0.1) is 0 Å². The van der Waals surface area contributed by atoms with E-state index in [4.69, 9.17) is 4.74 Å². The largest absolute Gasteiger partial charge is 0.376 e. The molecule has 0 saturated heterocycles. The molecule has 2 aliphatic rings. The summed E-state index contributed by atoms with van der Waals surface area (Å²) in [4.78, 5) is 26.5. The third-order valence-electron chi connectivity index (χ3n) is 7.21. The van der Waals surface area contributed by atoms with E-state index in [1.54, 1.807) is 48.7 Å². The molecule has 1 aliphatic carbocycles. The van der Waals surface area contributed by atoms with Crippen molar-refractivity contribution in [2.75, 3.05) is 12.4 Å². The molecule has 4 aromatic rings. The van der Waals surface area contributed by atoms with Gasteiger partial charge in [-0.1, -0.05) is 12.1 Å². The second-order valence-corrected chi connectivity index (χ2v) is 11.9. The van der Waals surface area contributed by atoms with E-state index in [0.29, 0.717) is 46.7 Å². The molecule has 6 rings (SSSR count). The fraction of sp³-hybridized carbons (Fsp3) is 0.286. The minimum atomic E-state index is -3.53. The zero-order valence-electron chi connectivity index (χ0n) is 20.7. The van der Waals surface area contributed by atoms with Crippen molar-refractivity contribution >= 4 is 26.6 Å². The number of amides is 1. The van der Waals surface area contributed by atoms with Gasteiger partial charge in [0.1, 0.15) is 0 Å². The maximum absolute atomic E-state index is 13.6. The molecular formula is C28H24F2N4O4S. The SMILES string of the molecule is O=C(NCc1cc2nc(-c3cccc(C4(C(F)F)CC4)n3)ccc2cn1)c1ccc2c(c1)S(=O)(=O)CCOC2. The Bertz CT molecular complexity index is 1710. The Morgan fingerprint density at radius 3 is 2.67 bits per heavy atom. The Morgan fingerprint density at radius 2 is 1.87 bits per heavy atom. The smallest absolute Gasteiger partial charge is 0.251 e. The van der Waals surface area contributed by atoms with Crippen molar-refractivity contribution in [2.45, 2.75) is 42.7 Å². The molecule has 0 bridgehead atoms. The Hall–Kier alpha value is -3.83. The fourth-order valence-corrected chi connectivity index (χ4v) is 6.10. The molecule has 0 atom stereocenters. The van der Waals surface area contributed by atoms with Crippen molar-refractivity contribution < 1.29 is 26.7 Å². The number of ether oxygens (including phenoxy) is 1. The van der Waals surface area contributed by atoms with E-state index in [2.05, 4.69) is 20.3 Å². The van der Waals surface area contributed by atoms with Gasteiger partial charge < -0.3 is 10.1 Å². The number of carbonyl (C=O) groups is 1. The highest BCUT2D eigenvalue weighted by Crippen LogP contribution is 2.52. The van der Waals surface area contributed by atoms with E-state index < -0.39 is 27.6 Å². The van der Waals surface area contributed by atoms with Crippen LogP contribution in [0.2, 0.25) is 0 Å². The van der Waals surface area contributed by atoms with Gasteiger partial charge in [0.15, 0.2) is 9.84 Å². The fourth-order valence-electron chi connectivity index (χ4n) is 4.71. The Morgan fingerprint density at radius 1 is 1.05 bits per heavy atom. The zero-order valence-corrected chi connectivity index (χ0v) is 21.5. The quantitative estimate of drug-likeness (QED) is 0.383. The summed E-state index contributed by atoms with van der Waals surface area (Å²) in [7, 11) is -3.53. The molecule has 1 aromatic carbocycles. The number of rotatable bonds is 6. The van der Waals surface area contributed by atoms with Crippen LogP contribution in [0.5, 0.6) is 0 Å². The van der Waals surface area contributed by atoms with Gasteiger partial charge in [0.2, 0.25) is 6.43 Å². The standard InChI is InChI=1S/C28H24F2N4O4S/c29-27(30)28(8-9-28)25-3-1-2-21(34-25)22-7-6-18-14-31-20(13-23(18)33-22)15-32-26(35)17-4-5-19-16-38-10-11-39(36,37)24(19)12-17/h1-7,12-14,27H,8-11,15-16H2,(H,32,35). The normalized spacial score (nSPS) is 17.4. The van der Waals surface area contributed by atoms with E-state index in [-0.39, 0.29) is 36.0 Å². The van der Waals surface area contributed by atoms with Crippen molar-refractivity contribution in [3.63, 3.8) is 0 Å². The molecule has 1 fully saturated rings. The first-order valence-corrected chi connectivity index (χ1v) is 14.1. The van der Waals surface area contributed by atoms with Gasteiger partial charge in [-0.25, -0.2) is 22.2 Å². The molecule has 0 unspecified atom stereocenters. The number of hydrogen-bond acceptors (Lipinski definition) is 7. The molecule has 1 N–H and O–H groups in total. The van der Waals surface area contributed by atoms with E-state index in [1.165, 1.54) is 6.07 Å². The summed E-state index contributed by atoms with van der Waals surface area (Å²) in [5, 5.41) is 3.55. The minimum absolute atomic E-state index is 0.0955. The summed E-state index contributed by atoms with van der Waals surface area (Å²) in [5.74, 6) is -0.565. The number of nitrogens with one attached hydrogen (secondary N) is 1. The van der Waals surface area contributed by atoms with Crippen molar-refractivity contribution in [3.8, 4) is 11.4 Å². The molecular weight excluding hydrogens is 526 g/mol. The van der Waals surface area contributed by atoms with Crippen LogP contribution in [-0.2, 0) is 33.1 Å². The second-order valence-electron chi connectivity index (χ2n) is 9.81. The van der Waals surface area contributed by atoms with Crippen LogP contribution < -0.4 is 5.32 Å². The lowest BCUT2D eigenvalue weighted by Gasteiger charge is -2.14. The molecule has 4 heterocycles. The van der Waals surface area contributed by atoms with Gasteiger partial charge in [0.25, 0.3) is 5.91 Å². The number of alkyl halides is 2. The number of sulfone groups is 1. The molecule has 0 spiro atoms. The zero-order chi connectivity index (χ0) is 27.2. The highest BCUT2D eigenvalue weighted by atomic mass is 32.2. The predicted octanol–water partition coefficient (Wildman–Crippen LogP) is 4.22. The lowest BCUT2D eigenvalue weighted by atomic mass is 10.0. The van der Waals surface area contributed by atoms with Crippen molar-refractivity contribution in [3.05, 3.63) is 83.3 Å². The number of carbonyl (C=O) groups excluding carboxylic acids is 1. The summed E-state index contributed by atoms with van der Waals surface area (Å²) < 4.78 is 57.6. The van der Waals surface area contributed by atoms with E-state index >= 15 is 0 Å². The Balaban J connectivity index is 1.21. The van der Waals surface area contributed by atoms with E-state index in [0.717, 1.165) is 5.39 Å². The predicted molar refractivity (Wildman–Crippen MR) is 139 cm³/mol. The first kappa shape index (κ1) is 25.4. The number of halogens is 2. The van der Waals surface area contributed by atoms with Crippen molar-refractivity contribution in [1.82, 2.24) is 20.3 Å². The number of benzene rings is 1.